The lowest BCUT2D eigenvalue weighted by atomic mass is 10.1. The van der Waals surface area contributed by atoms with Crippen LogP contribution in [-0.2, 0) is 6.54 Å². The number of carbonyl (C=O) groups excluding carboxylic acids is 1. The van der Waals surface area contributed by atoms with E-state index in [2.05, 4.69) is 30.8 Å². The summed E-state index contributed by atoms with van der Waals surface area (Å²) < 4.78 is 1.90. The summed E-state index contributed by atoms with van der Waals surface area (Å²) in [4.78, 5) is 19.7. The summed E-state index contributed by atoms with van der Waals surface area (Å²) in [5.74, 6) is -0.230. The number of amides is 1. The van der Waals surface area contributed by atoms with Crippen LogP contribution in [0.1, 0.15) is 60.0 Å². The van der Waals surface area contributed by atoms with Crippen molar-refractivity contribution in [2.24, 2.45) is 0 Å². The SMILES string of the molecule is Cc1c(C(=O)Nc2nc(CN3CCCCC3)cs2)nnn1C1CCNCC1.Cl.Cl. The lowest BCUT2D eigenvalue weighted by Gasteiger charge is -2.25. The predicted octanol–water partition coefficient (Wildman–Crippen LogP) is 3.05. The first-order valence-electron chi connectivity index (χ1n) is 9.81. The largest absolute Gasteiger partial charge is 0.317 e. The summed E-state index contributed by atoms with van der Waals surface area (Å²) in [6.45, 7) is 7.00. The van der Waals surface area contributed by atoms with Gasteiger partial charge in [0.1, 0.15) is 0 Å². The standard InChI is InChI=1S/C18H27N7OS.2ClH/c1-13-16(22-23-25(13)15-5-7-19-8-6-15)17(26)21-18-20-14(12-27-18)11-24-9-3-2-4-10-24;;/h12,15,19H,2-11H2,1H3,(H,20,21,26);2*1H. The molecule has 4 rings (SSSR count). The van der Waals surface area contributed by atoms with Crippen LogP contribution >= 0.6 is 36.2 Å². The van der Waals surface area contributed by atoms with Crippen LogP contribution in [0.3, 0.4) is 0 Å². The van der Waals surface area contributed by atoms with Gasteiger partial charge in [0.2, 0.25) is 0 Å². The summed E-state index contributed by atoms with van der Waals surface area (Å²) in [5.41, 5.74) is 2.23. The predicted molar refractivity (Wildman–Crippen MR) is 120 cm³/mol. The highest BCUT2D eigenvalue weighted by Crippen LogP contribution is 2.22. The Morgan fingerprint density at radius 2 is 1.97 bits per heavy atom. The van der Waals surface area contributed by atoms with Crippen molar-refractivity contribution in [3.63, 3.8) is 0 Å². The topological polar surface area (TPSA) is 88.0 Å². The molecule has 4 heterocycles. The fourth-order valence-electron chi connectivity index (χ4n) is 3.89. The maximum atomic E-state index is 12.6. The van der Waals surface area contributed by atoms with E-state index in [-0.39, 0.29) is 30.7 Å². The molecule has 0 spiro atoms. The lowest BCUT2D eigenvalue weighted by Crippen LogP contribution is -2.30. The number of nitrogens with one attached hydrogen (secondary N) is 2. The van der Waals surface area contributed by atoms with Crippen molar-refractivity contribution in [3.8, 4) is 0 Å². The first kappa shape index (κ1) is 24.0. The second-order valence-corrected chi connectivity index (χ2v) is 8.24. The minimum Gasteiger partial charge on any atom is -0.317 e. The van der Waals surface area contributed by atoms with Gasteiger partial charge in [-0.25, -0.2) is 9.67 Å². The van der Waals surface area contributed by atoms with Gasteiger partial charge in [0.25, 0.3) is 5.91 Å². The Morgan fingerprint density at radius 3 is 2.69 bits per heavy atom. The number of aromatic nitrogens is 4. The van der Waals surface area contributed by atoms with Crippen molar-refractivity contribution in [1.82, 2.24) is 30.2 Å². The van der Waals surface area contributed by atoms with Gasteiger partial charge in [-0.1, -0.05) is 11.6 Å². The Bertz CT molecular complexity index is 785. The first-order valence-corrected chi connectivity index (χ1v) is 10.7. The van der Waals surface area contributed by atoms with Crippen molar-refractivity contribution in [3.05, 3.63) is 22.5 Å². The average molecular weight is 462 g/mol. The van der Waals surface area contributed by atoms with Crippen molar-refractivity contribution < 1.29 is 4.79 Å². The zero-order valence-electron chi connectivity index (χ0n) is 16.6. The molecule has 8 nitrogen and oxygen atoms in total. The molecule has 2 aliphatic rings. The molecule has 2 aromatic rings. The second-order valence-electron chi connectivity index (χ2n) is 7.38. The molecule has 0 saturated carbocycles. The van der Waals surface area contributed by atoms with E-state index < -0.39 is 0 Å². The monoisotopic (exact) mass is 461 g/mol. The Kier molecular flexibility index (Phi) is 9.29. The molecule has 2 saturated heterocycles. The van der Waals surface area contributed by atoms with E-state index in [0.29, 0.717) is 16.9 Å². The van der Waals surface area contributed by atoms with E-state index in [1.165, 1.54) is 30.6 Å². The van der Waals surface area contributed by atoms with Crippen LogP contribution in [0.15, 0.2) is 5.38 Å². The fraction of sp³-hybridized carbons (Fsp3) is 0.667. The smallest absolute Gasteiger partial charge is 0.279 e. The van der Waals surface area contributed by atoms with E-state index in [0.717, 1.165) is 57.0 Å². The average Bonchev–Trinajstić information content (AvgIpc) is 3.29. The molecule has 2 aromatic heterocycles. The van der Waals surface area contributed by atoms with Crippen LogP contribution in [0.4, 0.5) is 5.13 Å². The van der Waals surface area contributed by atoms with E-state index in [1.54, 1.807) is 0 Å². The summed E-state index contributed by atoms with van der Waals surface area (Å²) in [7, 11) is 0. The first-order chi connectivity index (χ1) is 13.2. The second kappa shape index (κ2) is 11.2. The van der Waals surface area contributed by atoms with Gasteiger partial charge in [0, 0.05) is 11.9 Å². The zero-order valence-corrected chi connectivity index (χ0v) is 19.0. The highest BCUT2D eigenvalue weighted by Gasteiger charge is 2.23. The van der Waals surface area contributed by atoms with Gasteiger partial charge in [-0.15, -0.1) is 41.2 Å². The molecule has 2 fully saturated rings. The Hall–Kier alpha value is -1.26. The third-order valence-electron chi connectivity index (χ3n) is 5.40. The minimum atomic E-state index is -0.230. The Labute approximate surface area is 187 Å². The number of hydrogen-bond acceptors (Lipinski definition) is 7. The fourth-order valence-corrected chi connectivity index (χ4v) is 4.59. The maximum Gasteiger partial charge on any atom is 0.279 e. The van der Waals surface area contributed by atoms with Crippen molar-refractivity contribution in [2.45, 2.75) is 51.6 Å². The number of hydrogen-bond donors (Lipinski definition) is 2. The molecule has 1 amide bonds. The highest BCUT2D eigenvalue weighted by molar-refractivity contribution is 7.13. The van der Waals surface area contributed by atoms with E-state index in [1.807, 2.05) is 17.0 Å². The van der Waals surface area contributed by atoms with Gasteiger partial charge >= 0.3 is 0 Å². The molecular weight excluding hydrogens is 433 g/mol. The molecular formula is C18H29Cl2N7OS. The molecule has 2 N–H and O–H groups in total. The summed E-state index contributed by atoms with van der Waals surface area (Å²) in [5, 5.41) is 17.3. The third-order valence-corrected chi connectivity index (χ3v) is 6.21. The van der Waals surface area contributed by atoms with Gasteiger partial charge in [0.15, 0.2) is 10.8 Å². The molecule has 0 aromatic carbocycles. The number of halogens is 2. The van der Waals surface area contributed by atoms with Gasteiger partial charge in [-0.2, -0.15) is 0 Å². The summed E-state index contributed by atoms with van der Waals surface area (Å²) in [6.07, 6.45) is 5.88. The van der Waals surface area contributed by atoms with Crippen LogP contribution < -0.4 is 10.6 Å². The number of nitrogens with zero attached hydrogens (tertiary/aromatic N) is 5. The summed E-state index contributed by atoms with van der Waals surface area (Å²) >= 11 is 1.47. The zero-order chi connectivity index (χ0) is 18.6. The minimum absolute atomic E-state index is 0. The number of piperidine rings is 2. The molecule has 29 heavy (non-hydrogen) atoms. The number of carbonyl (C=O) groups is 1. The van der Waals surface area contributed by atoms with Crippen molar-refractivity contribution >= 4 is 47.2 Å². The van der Waals surface area contributed by atoms with E-state index >= 15 is 0 Å². The van der Waals surface area contributed by atoms with Gasteiger partial charge in [0.05, 0.1) is 17.4 Å². The van der Waals surface area contributed by atoms with Crippen LogP contribution in [0, 0.1) is 6.92 Å². The normalized spacial score (nSPS) is 18.0. The van der Waals surface area contributed by atoms with E-state index in [4.69, 9.17) is 0 Å². The molecule has 11 heteroatoms. The van der Waals surface area contributed by atoms with E-state index in [9.17, 15) is 4.79 Å². The maximum absolute atomic E-state index is 12.6. The molecule has 2 aliphatic heterocycles. The molecule has 162 valence electrons. The molecule has 0 atom stereocenters. The lowest BCUT2D eigenvalue weighted by molar-refractivity contribution is 0.102. The van der Waals surface area contributed by atoms with Crippen LogP contribution in [0.5, 0.6) is 0 Å². The molecule has 0 aliphatic carbocycles. The Balaban J connectivity index is 0.00000150. The number of anilines is 1. The van der Waals surface area contributed by atoms with Gasteiger partial charge in [-0.05, 0) is 58.8 Å². The quantitative estimate of drug-likeness (QED) is 0.710. The molecule has 0 radical (unpaired) electrons. The van der Waals surface area contributed by atoms with Crippen molar-refractivity contribution in [1.29, 1.82) is 0 Å². The highest BCUT2D eigenvalue weighted by atomic mass is 35.5. The third kappa shape index (κ3) is 5.88. The molecule has 0 unspecified atom stereocenters. The Morgan fingerprint density at radius 1 is 1.24 bits per heavy atom. The van der Waals surface area contributed by atoms with Gasteiger partial charge < -0.3 is 5.32 Å². The van der Waals surface area contributed by atoms with Gasteiger partial charge in [-0.3, -0.25) is 15.0 Å². The number of rotatable bonds is 5. The van der Waals surface area contributed by atoms with Crippen molar-refractivity contribution in [2.75, 3.05) is 31.5 Å². The van der Waals surface area contributed by atoms with Crippen LogP contribution in [0.2, 0.25) is 0 Å². The number of likely N-dealkylation sites (tertiary alicyclic amines) is 1. The van der Waals surface area contributed by atoms with Crippen LogP contribution in [-0.4, -0.2) is 57.0 Å². The summed E-state index contributed by atoms with van der Waals surface area (Å²) in [6, 6.07) is 0.316. The molecule has 0 bridgehead atoms. The van der Waals surface area contributed by atoms with Crippen LogP contribution in [0.25, 0.3) is 0 Å². The number of thiazole rings is 1.